The van der Waals surface area contributed by atoms with Gasteiger partial charge in [-0.2, -0.15) is 0 Å². The van der Waals surface area contributed by atoms with Crippen molar-refractivity contribution in [2.24, 2.45) is 0 Å². The fraction of sp³-hybridized carbons (Fsp3) is 0.118. The van der Waals surface area contributed by atoms with Crippen molar-refractivity contribution in [2.75, 3.05) is 13.9 Å². The quantitative estimate of drug-likeness (QED) is 0.694. The second-order valence-corrected chi connectivity index (χ2v) is 4.70. The molecule has 0 aliphatic carbocycles. The minimum Gasteiger partial charge on any atom is -0.508 e. The third-order valence-electron chi connectivity index (χ3n) is 3.24. The van der Waals surface area contributed by atoms with Crippen LogP contribution in [0.5, 0.6) is 23.0 Å². The molecule has 0 spiro atoms. The lowest BCUT2D eigenvalue weighted by atomic mass is 10.1. The first-order chi connectivity index (χ1) is 10.7. The van der Waals surface area contributed by atoms with Gasteiger partial charge in [0, 0.05) is 5.56 Å². The van der Waals surface area contributed by atoms with Gasteiger partial charge >= 0.3 is 0 Å². The minimum atomic E-state index is -0.201. The van der Waals surface area contributed by atoms with E-state index in [4.69, 9.17) is 14.2 Å². The van der Waals surface area contributed by atoms with Gasteiger partial charge in [0.25, 0.3) is 0 Å². The van der Waals surface area contributed by atoms with E-state index in [1.807, 2.05) is 0 Å². The van der Waals surface area contributed by atoms with Crippen molar-refractivity contribution in [3.8, 4) is 23.0 Å². The summed E-state index contributed by atoms with van der Waals surface area (Å²) in [6, 6.07) is 9.75. The second kappa shape index (κ2) is 5.81. The molecule has 0 radical (unpaired) electrons. The van der Waals surface area contributed by atoms with E-state index in [1.54, 1.807) is 37.5 Å². The van der Waals surface area contributed by atoms with Crippen LogP contribution in [0.2, 0.25) is 0 Å². The molecule has 2 aromatic carbocycles. The molecule has 0 fully saturated rings. The van der Waals surface area contributed by atoms with Crippen LogP contribution in [0.25, 0.3) is 6.08 Å². The van der Waals surface area contributed by atoms with E-state index < -0.39 is 0 Å². The summed E-state index contributed by atoms with van der Waals surface area (Å²) in [7, 11) is 1.54. The Morgan fingerprint density at radius 1 is 1.27 bits per heavy atom. The highest BCUT2D eigenvalue weighted by Crippen LogP contribution is 2.42. The van der Waals surface area contributed by atoms with Gasteiger partial charge in [0.15, 0.2) is 17.3 Å². The van der Waals surface area contributed by atoms with Gasteiger partial charge in [0.05, 0.1) is 7.11 Å². The molecule has 112 valence electrons. The summed E-state index contributed by atoms with van der Waals surface area (Å²) in [6.07, 6.45) is 3.10. The smallest absolute Gasteiger partial charge is 0.231 e. The van der Waals surface area contributed by atoms with Gasteiger partial charge < -0.3 is 19.3 Å². The Balaban J connectivity index is 1.85. The number of phenols is 1. The molecule has 0 atom stereocenters. The first-order valence-electron chi connectivity index (χ1n) is 6.66. The Bertz CT molecular complexity index is 749. The largest absolute Gasteiger partial charge is 0.508 e. The molecule has 0 bridgehead atoms. The first-order valence-corrected chi connectivity index (χ1v) is 6.66. The molecule has 1 aliphatic heterocycles. The number of fused-ring (bicyclic) bond motifs is 1. The Kier molecular flexibility index (Phi) is 3.70. The Hall–Kier alpha value is -2.95. The molecule has 0 unspecified atom stereocenters. The lowest BCUT2D eigenvalue weighted by Gasteiger charge is -2.05. The van der Waals surface area contributed by atoms with Crippen LogP contribution >= 0.6 is 0 Å². The highest BCUT2D eigenvalue weighted by Gasteiger charge is 2.19. The number of allylic oxidation sites excluding steroid dienone is 1. The van der Waals surface area contributed by atoms with Crippen molar-refractivity contribution in [2.45, 2.75) is 0 Å². The van der Waals surface area contributed by atoms with E-state index in [0.717, 1.165) is 5.56 Å². The molecule has 0 aromatic heterocycles. The van der Waals surface area contributed by atoms with Crippen molar-refractivity contribution in [3.63, 3.8) is 0 Å². The number of aromatic hydroxyl groups is 1. The molecular formula is C17H14O5. The molecule has 0 amide bonds. The summed E-state index contributed by atoms with van der Waals surface area (Å²) in [5.41, 5.74) is 1.18. The summed E-state index contributed by atoms with van der Waals surface area (Å²) < 4.78 is 15.9. The molecule has 5 nitrogen and oxygen atoms in total. The van der Waals surface area contributed by atoms with Gasteiger partial charge in [-0.25, -0.2) is 0 Å². The molecule has 22 heavy (non-hydrogen) atoms. The van der Waals surface area contributed by atoms with Crippen LogP contribution in [0.15, 0.2) is 42.5 Å². The van der Waals surface area contributed by atoms with Gasteiger partial charge in [0.1, 0.15) is 5.75 Å². The van der Waals surface area contributed by atoms with Crippen LogP contribution in [0.1, 0.15) is 15.9 Å². The van der Waals surface area contributed by atoms with E-state index in [9.17, 15) is 9.90 Å². The van der Waals surface area contributed by atoms with Crippen LogP contribution in [0, 0.1) is 0 Å². The average Bonchev–Trinajstić information content (AvgIpc) is 3.00. The Morgan fingerprint density at radius 3 is 2.91 bits per heavy atom. The van der Waals surface area contributed by atoms with Crippen molar-refractivity contribution in [3.05, 3.63) is 53.6 Å². The van der Waals surface area contributed by atoms with Crippen LogP contribution in [-0.4, -0.2) is 24.8 Å². The number of benzene rings is 2. The molecule has 0 saturated carbocycles. The van der Waals surface area contributed by atoms with Crippen molar-refractivity contribution in [1.29, 1.82) is 0 Å². The number of hydrogen-bond acceptors (Lipinski definition) is 5. The zero-order chi connectivity index (χ0) is 15.5. The highest BCUT2D eigenvalue weighted by atomic mass is 16.7. The van der Waals surface area contributed by atoms with Crippen molar-refractivity contribution < 1.29 is 24.1 Å². The van der Waals surface area contributed by atoms with Gasteiger partial charge in [-0.1, -0.05) is 18.2 Å². The fourth-order valence-electron chi connectivity index (χ4n) is 2.17. The zero-order valence-corrected chi connectivity index (χ0v) is 11.9. The summed E-state index contributed by atoms with van der Waals surface area (Å²) >= 11 is 0. The highest BCUT2D eigenvalue weighted by molar-refractivity contribution is 6.07. The minimum absolute atomic E-state index is 0.0593. The van der Waals surface area contributed by atoms with Gasteiger partial charge in [-0.05, 0) is 35.9 Å². The summed E-state index contributed by atoms with van der Waals surface area (Å²) in [4.78, 5) is 12.1. The van der Waals surface area contributed by atoms with E-state index >= 15 is 0 Å². The molecule has 1 heterocycles. The maximum absolute atomic E-state index is 12.1. The standard InChI is InChI=1S/C17H14O5/c1-20-15-7-11(8-16-17(15)22-10-21-16)5-6-14(19)12-3-2-4-13(18)9-12/h2-9,18H,10H2,1H3/b6-5+. The van der Waals surface area contributed by atoms with Crippen molar-refractivity contribution in [1.82, 2.24) is 0 Å². The molecule has 1 aliphatic rings. The summed E-state index contributed by atoms with van der Waals surface area (Å²) in [5.74, 6) is 1.57. The summed E-state index contributed by atoms with van der Waals surface area (Å²) in [6.45, 7) is 0.154. The van der Waals surface area contributed by atoms with Crippen LogP contribution < -0.4 is 14.2 Å². The predicted octanol–water partition coefficient (Wildman–Crippen LogP) is 3.03. The monoisotopic (exact) mass is 298 g/mol. The number of methoxy groups -OCH3 is 1. The van der Waals surface area contributed by atoms with Crippen molar-refractivity contribution >= 4 is 11.9 Å². The third-order valence-corrected chi connectivity index (χ3v) is 3.24. The van der Waals surface area contributed by atoms with E-state index in [1.165, 1.54) is 18.2 Å². The molecular weight excluding hydrogens is 284 g/mol. The first kappa shape index (κ1) is 14.0. The molecule has 5 heteroatoms. The van der Waals surface area contributed by atoms with Gasteiger partial charge in [0.2, 0.25) is 12.5 Å². The van der Waals surface area contributed by atoms with Crippen LogP contribution in [0.4, 0.5) is 0 Å². The van der Waals surface area contributed by atoms with E-state index in [-0.39, 0.29) is 18.3 Å². The third kappa shape index (κ3) is 2.74. The number of ether oxygens (including phenoxy) is 3. The molecule has 2 aromatic rings. The van der Waals surface area contributed by atoms with Crippen LogP contribution in [-0.2, 0) is 0 Å². The Labute approximate surface area is 127 Å². The number of hydrogen-bond donors (Lipinski definition) is 1. The topological polar surface area (TPSA) is 65.0 Å². The maximum atomic E-state index is 12.1. The SMILES string of the molecule is COc1cc(/C=C/C(=O)c2cccc(O)c2)cc2c1OCO2. The average molecular weight is 298 g/mol. The van der Waals surface area contributed by atoms with E-state index in [0.29, 0.717) is 22.8 Å². The molecule has 1 N–H and O–H groups in total. The zero-order valence-electron chi connectivity index (χ0n) is 11.9. The number of carbonyl (C=O) groups excluding carboxylic acids is 1. The lowest BCUT2D eigenvalue weighted by Crippen LogP contribution is -1.93. The number of rotatable bonds is 4. The molecule has 0 saturated heterocycles. The second-order valence-electron chi connectivity index (χ2n) is 4.70. The fourth-order valence-corrected chi connectivity index (χ4v) is 2.17. The van der Waals surface area contributed by atoms with Gasteiger partial charge in [-0.3, -0.25) is 4.79 Å². The summed E-state index contributed by atoms with van der Waals surface area (Å²) in [5, 5.41) is 9.40. The van der Waals surface area contributed by atoms with Gasteiger partial charge in [-0.15, -0.1) is 0 Å². The predicted molar refractivity (Wildman–Crippen MR) is 80.6 cm³/mol. The number of carbonyl (C=O) groups is 1. The lowest BCUT2D eigenvalue weighted by molar-refractivity contribution is 0.104. The number of ketones is 1. The molecule has 3 rings (SSSR count). The number of phenolic OH excluding ortho intramolecular Hbond substituents is 1. The van der Waals surface area contributed by atoms with Crippen LogP contribution in [0.3, 0.4) is 0 Å². The maximum Gasteiger partial charge on any atom is 0.231 e. The Morgan fingerprint density at radius 2 is 2.14 bits per heavy atom. The van der Waals surface area contributed by atoms with E-state index in [2.05, 4.69) is 0 Å². The normalized spacial score (nSPS) is 12.6.